The first-order chi connectivity index (χ1) is 15.2. The average Bonchev–Trinajstić information content (AvgIpc) is 3.11. The van der Waals surface area contributed by atoms with Crippen LogP contribution in [0.25, 0.3) is 21.9 Å². The van der Waals surface area contributed by atoms with E-state index < -0.39 is 6.10 Å². The zero-order valence-electron chi connectivity index (χ0n) is 17.2. The number of aliphatic hydroxyl groups excluding tert-OH is 1. The van der Waals surface area contributed by atoms with E-state index in [1.165, 1.54) is 5.69 Å². The average molecular weight is 409 g/mol. The Morgan fingerprint density at radius 1 is 0.710 bits per heavy atom. The fourth-order valence-electron chi connectivity index (χ4n) is 5.20. The molecule has 4 aromatic carbocycles. The van der Waals surface area contributed by atoms with Crippen LogP contribution in [0.1, 0.15) is 17.2 Å². The number of benzene rings is 4. The predicted octanol–water partition coefficient (Wildman–Crippen LogP) is 4.93. The molecule has 1 aliphatic carbocycles. The fraction of sp³-hybridized carbons (Fsp3) is 0.185. The Hall–Kier alpha value is -3.50. The number of nitrogens with zero attached hydrogens (tertiary/aromatic N) is 2. The molecule has 2 aliphatic rings. The van der Waals surface area contributed by atoms with Crippen LogP contribution >= 0.6 is 0 Å². The summed E-state index contributed by atoms with van der Waals surface area (Å²) in [7, 11) is 0. The summed E-state index contributed by atoms with van der Waals surface area (Å²) >= 11 is 0. The molecule has 0 spiro atoms. The molecule has 1 saturated heterocycles. The highest BCUT2D eigenvalue weighted by Gasteiger charge is 2.31. The Kier molecular flexibility index (Phi) is 4.15. The molecular formula is C27H24N2O2. The second-order valence-corrected chi connectivity index (χ2v) is 8.36. The van der Waals surface area contributed by atoms with Gasteiger partial charge in [0.1, 0.15) is 11.9 Å². The van der Waals surface area contributed by atoms with Crippen LogP contribution in [0.3, 0.4) is 0 Å². The molecule has 1 atom stereocenters. The van der Waals surface area contributed by atoms with Crippen LogP contribution in [0.2, 0.25) is 0 Å². The molecule has 4 aromatic rings. The lowest BCUT2D eigenvalue weighted by Gasteiger charge is -2.38. The number of aliphatic hydroxyl groups is 1. The highest BCUT2D eigenvalue weighted by molar-refractivity contribution is 6.10. The minimum Gasteiger partial charge on any atom is -0.507 e. The van der Waals surface area contributed by atoms with Crippen LogP contribution in [0, 0.1) is 0 Å². The van der Waals surface area contributed by atoms with E-state index in [4.69, 9.17) is 0 Å². The Morgan fingerprint density at radius 3 is 2.23 bits per heavy atom. The zero-order chi connectivity index (χ0) is 20.9. The summed E-state index contributed by atoms with van der Waals surface area (Å²) in [4.78, 5) is 4.83. The molecule has 0 saturated carbocycles. The molecule has 1 fully saturated rings. The third kappa shape index (κ3) is 2.79. The van der Waals surface area contributed by atoms with Crippen LogP contribution in [0.5, 0.6) is 5.75 Å². The molecule has 0 amide bonds. The number of para-hydroxylation sites is 1. The van der Waals surface area contributed by atoms with Gasteiger partial charge in [-0.05, 0) is 46.5 Å². The highest BCUT2D eigenvalue weighted by atomic mass is 16.3. The summed E-state index contributed by atoms with van der Waals surface area (Å²) in [5.74, 6) is 0.227. The SMILES string of the molecule is Oc1cc2c(c3c(N4CCN(c5ccccc5)CC4)cccc13)-c1ccccc1C2O. The Labute approximate surface area is 181 Å². The molecule has 31 heavy (non-hydrogen) atoms. The highest BCUT2D eigenvalue weighted by Crippen LogP contribution is 2.51. The zero-order valence-corrected chi connectivity index (χ0v) is 17.2. The quantitative estimate of drug-likeness (QED) is 0.494. The molecule has 154 valence electrons. The van der Waals surface area contributed by atoms with Gasteiger partial charge in [0.15, 0.2) is 0 Å². The van der Waals surface area contributed by atoms with Crippen molar-refractivity contribution in [2.24, 2.45) is 0 Å². The third-order valence-electron chi connectivity index (χ3n) is 6.71. The van der Waals surface area contributed by atoms with Gasteiger partial charge in [-0.3, -0.25) is 0 Å². The Balaban J connectivity index is 1.46. The first-order valence-corrected chi connectivity index (χ1v) is 10.8. The van der Waals surface area contributed by atoms with Crippen molar-refractivity contribution in [1.82, 2.24) is 0 Å². The van der Waals surface area contributed by atoms with Crippen LogP contribution < -0.4 is 9.80 Å². The monoisotopic (exact) mass is 408 g/mol. The smallest absolute Gasteiger partial charge is 0.123 e. The lowest BCUT2D eigenvalue weighted by atomic mass is 9.95. The van der Waals surface area contributed by atoms with E-state index in [0.29, 0.717) is 0 Å². The van der Waals surface area contributed by atoms with E-state index in [1.807, 2.05) is 30.3 Å². The number of phenols is 1. The number of piperazine rings is 1. The van der Waals surface area contributed by atoms with E-state index in [2.05, 4.69) is 52.3 Å². The number of fused-ring (bicyclic) bond motifs is 5. The van der Waals surface area contributed by atoms with Crippen molar-refractivity contribution in [2.45, 2.75) is 6.10 Å². The lowest BCUT2D eigenvalue weighted by molar-refractivity contribution is 0.225. The number of hydrogen-bond acceptors (Lipinski definition) is 4. The van der Waals surface area contributed by atoms with Gasteiger partial charge >= 0.3 is 0 Å². The standard InChI is InChI=1S/C27H24N2O2/c30-24-17-22-25(19-9-4-5-10-20(19)27(22)31)26-21(24)11-6-12-23(26)29-15-13-28(14-16-29)18-7-2-1-3-8-18/h1-12,17,27,30-31H,13-16H2. The summed E-state index contributed by atoms with van der Waals surface area (Å²) < 4.78 is 0. The summed E-state index contributed by atoms with van der Waals surface area (Å²) in [6.07, 6.45) is -0.704. The maximum atomic E-state index is 10.9. The molecule has 2 N–H and O–H groups in total. The van der Waals surface area contributed by atoms with Gasteiger partial charge in [0.25, 0.3) is 0 Å². The third-order valence-corrected chi connectivity index (χ3v) is 6.71. The largest absolute Gasteiger partial charge is 0.507 e. The minimum absolute atomic E-state index is 0.227. The van der Waals surface area contributed by atoms with E-state index in [-0.39, 0.29) is 5.75 Å². The van der Waals surface area contributed by atoms with Crippen molar-refractivity contribution in [2.75, 3.05) is 36.0 Å². The van der Waals surface area contributed by atoms with Crippen molar-refractivity contribution in [3.05, 3.63) is 90.0 Å². The number of phenolic OH excluding ortho intramolecular Hbond substituents is 1. The summed E-state index contributed by atoms with van der Waals surface area (Å²) in [5, 5.41) is 23.6. The van der Waals surface area contributed by atoms with Gasteiger partial charge in [-0.2, -0.15) is 0 Å². The Bertz CT molecular complexity index is 1280. The lowest BCUT2D eigenvalue weighted by Crippen LogP contribution is -2.46. The second-order valence-electron chi connectivity index (χ2n) is 8.36. The first kappa shape index (κ1) is 18.3. The molecule has 4 nitrogen and oxygen atoms in total. The molecule has 0 radical (unpaired) electrons. The van der Waals surface area contributed by atoms with E-state index in [1.54, 1.807) is 6.07 Å². The van der Waals surface area contributed by atoms with Crippen LogP contribution in [0.15, 0.2) is 78.9 Å². The van der Waals surface area contributed by atoms with Gasteiger partial charge < -0.3 is 20.0 Å². The van der Waals surface area contributed by atoms with Gasteiger partial charge in [0.05, 0.1) is 0 Å². The van der Waals surface area contributed by atoms with Crippen LogP contribution in [-0.2, 0) is 0 Å². The second kappa shape index (κ2) is 7.03. The molecule has 0 aromatic heterocycles. The molecule has 1 unspecified atom stereocenters. The van der Waals surface area contributed by atoms with Crippen molar-refractivity contribution < 1.29 is 10.2 Å². The number of aromatic hydroxyl groups is 1. The molecule has 4 heteroatoms. The molecule has 0 bridgehead atoms. The normalized spacial score (nSPS) is 17.6. The van der Waals surface area contributed by atoms with Crippen LogP contribution in [-0.4, -0.2) is 36.4 Å². The predicted molar refractivity (Wildman–Crippen MR) is 126 cm³/mol. The molecule has 6 rings (SSSR count). The Morgan fingerprint density at radius 2 is 1.42 bits per heavy atom. The molecule has 1 heterocycles. The van der Waals surface area contributed by atoms with Crippen molar-refractivity contribution in [1.29, 1.82) is 0 Å². The van der Waals surface area contributed by atoms with E-state index in [0.717, 1.165) is 64.9 Å². The van der Waals surface area contributed by atoms with Gasteiger partial charge in [-0.25, -0.2) is 0 Å². The molecule has 1 aliphatic heterocycles. The van der Waals surface area contributed by atoms with Gasteiger partial charge in [0.2, 0.25) is 0 Å². The topological polar surface area (TPSA) is 46.9 Å². The number of anilines is 2. The van der Waals surface area contributed by atoms with Gasteiger partial charge in [-0.15, -0.1) is 0 Å². The van der Waals surface area contributed by atoms with Gasteiger partial charge in [-0.1, -0.05) is 54.6 Å². The summed E-state index contributed by atoms with van der Waals surface area (Å²) in [6.45, 7) is 3.70. The van der Waals surface area contributed by atoms with E-state index >= 15 is 0 Å². The van der Waals surface area contributed by atoms with Crippen molar-refractivity contribution >= 4 is 22.1 Å². The van der Waals surface area contributed by atoms with Crippen molar-refractivity contribution in [3.8, 4) is 16.9 Å². The van der Waals surface area contributed by atoms with E-state index in [9.17, 15) is 10.2 Å². The maximum Gasteiger partial charge on any atom is 0.123 e. The fourth-order valence-corrected chi connectivity index (χ4v) is 5.20. The first-order valence-electron chi connectivity index (χ1n) is 10.8. The summed E-state index contributed by atoms with van der Waals surface area (Å²) in [5.41, 5.74) is 6.20. The van der Waals surface area contributed by atoms with Crippen molar-refractivity contribution in [3.63, 3.8) is 0 Å². The summed E-state index contributed by atoms with van der Waals surface area (Å²) in [6, 6.07) is 26.4. The van der Waals surface area contributed by atoms with Gasteiger partial charge in [0, 0.05) is 48.3 Å². The number of hydrogen-bond donors (Lipinski definition) is 2. The number of rotatable bonds is 2. The van der Waals surface area contributed by atoms with Crippen LogP contribution in [0.4, 0.5) is 11.4 Å². The molecular weight excluding hydrogens is 384 g/mol. The maximum absolute atomic E-state index is 10.9. The minimum atomic E-state index is -0.704.